The van der Waals surface area contributed by atoms with Crippen molar-refractivity contribution in [3.63, 3.8) is 0 Å². The van der Waals surface area contributed by atoms with Gasteiger partial charge in [-0.2, -0.15) is 4.98 Å². The molecule has 0 bridgehead atoms. The Kier molecular flexibility index (Phi) is 6.14. The number of benzene rings is 1. The highest BCUT2D eigenvalue weighted by molar-refractivity contribution is 5.79. The van der Waals surface area contributed by atoms with Gasteiger partial charge in [-0.15, -0.1) is 0 Å². The second-order valence-corrected chi connectivity index (χ2v) is 9.33. The minimum absolute atomic E-state index is 0.0750. The molecule has 5 rings (SSSR count). The summed E-state index contributed by atoms with van der Waals surface area (Å²) in [6.07, 6.45) is 7.89. The van der Waals surface area contributed by atoms with Gasteiger partial charge in [0.1, 0.15) is 5.52 Å². The molecule has 1 aromatic carbocycles. The van der Waals surface area contributed by atoms with E-state index in [1.165, 1.54) is 32.1 Å². The van der Waals surface area contributed by atoms with Crippen molar-refractivity contribution in [1.82, 2.24) is 15.2 Å². The average Bonchev–Trinajstić information content (AvgIpc) is 3.28. The van der Waals surface area contributed by atoms with E-state index in [4.69, 9.17) is 9.15 Å². The number of hydrogen-bond acceptors (Lipinski definition) is 6. The number of amides is 1. The number of nitrogens with one attached hydrogen (secondary N) is 1. The highest BCUT2D eigenvalue weighted by Crippen LogP contribution is 2.34. The van der Waals surface area contributed by atoms with E-state index in [1.54, 1.807) is 0 Å². The lowest BCUT2D eigenvalue weighted by Crippen LogP contribution is -2.60. The maximum atomic E-state index is 13.0. The van der Waals surface area contributed by atoms with Gasteiger partial charge in [0, 0.05) is 44.2 Å². The van der Waals surface area contributed by atoms with Crippen LogP contribution in [0.25, 0.3) is 11.1 Å². The highest BCUT2D eigenvalue weighted by atomic mass is 16.5. The topological polar surface area (TPSA) is 70.8 Å². The summed E-state index contributed by atoms with van der Waals surface area (Å²) in [5, 5.41) is 3.36. The van der Waals surface area contributed by atoms with Gasteiger partial charge in [0.25, 0.3) is 6.01 Å². The van der Waals surface area contributed by atoms with Crippen molar-refractivity contribution in [1.29, 1.82) is 0 Å². The van der Waals surface area contributed by atoms with E-state index in [-0.39, 0.29) is 17.4 Å². The van der Waals surface area contributed by atoms with Gasteiger partial charge in [0.2, 0.25) is 5.91 Å². The van der Waals surface area contributed by atoms with E-state index in [1.807, 2.05) is 24.3 Å². The van der Waals surface area contributed by atoms with Gasteiger partial charge in [-0.25, -0.2) is 0 Å². The molecular weight excluding hydrogens is 392 g/mol. The first-order chi connectivity index (χ1) is 15.2. The van der Waals surface area contributed by atoms with Crippen LogP contribution in [0, 0.1) is 5.92 Å². The number of anilines is 1. The Morgan fingerprint density at radius 3 is 2.55 bits per heavy atom. The number of morpholine rings is 1. The molecule has 1 aliphatic carbocycles. The SMILES string of the molecule is O=C(NCC1(N2CCOCC2)CCCCC1)C1CCN(c2nc3ccccc3o2)CC1. The second kappa shape index (κ2) is 9.17. The monoisotopic (exact) mass is 426 g/mol. The number of aromatic nitrogens is 1. The van der Waals surface area contributed by atoms with Gasteiger partial charge in [0.15, 0.2) is 5.58 Å². The quantitative estimate of drug-likeness (QED) is 0.792. The number of fused-ring (bicyclic) bond motifs is 1. The molecule has 0 atom stereocenters. The molecule has 2 saturated heterocycles. The van der Waals surface area contributed by atoms with Crippen LogP contribution in [-0.2, 0) is 9.53 Å². The van der Waals surface area contributed by atoms with Crippen molar-refractivity contribution < 1.29 is 13.9 Å². The number of nitrogens with zero attached hydrogens (tertiary/aromatic N) is 3. The van der Waals surface area contributed by atoms with Gasteiger partial charge >= 0.3 is 0 Å². The van der Waals surface area contributed by atoms with Gasteiger partial charge in [0.05, 0.1) is 13.2 Å². The lowest BCUT2D eigenvalue weighted by molar-refractivity contribution is -0.126. The van der Waals surface area contributed by atoms with Crippen LogP contribution in [0.3, 0.4) is 0 Å². The number of rotatable bonds is 5. The summed E-state index contributed by atoms with van der Waals surface area (Å²) >= 11 is 0. The first-order valence-electron chi connectivity index (χ1n) is 11.9. The third kappa shape index (κ3) is 4.44. The summed E-state index contributed by atoms with van der Waals surface area (Å²) in [6, 6.07) is 8.53. The van der Waals surface area contributed by atoms with Crippen molar-refractivity contribution in [2.24, 2.45) is 5.92 Å². The molecule has 3 fully saturated rings. The highest BCUT2D eigenvalue weighted by Gasteiger charge is 2.39. The summed E-state index contributed by atoms with van der Waals surface area (Å²) in [4.78, 5) is 22.4. The molecular formula is C24H34N4O3. The Labute approximate surface area is 184 Å². The van der Waals surface area contributed by atoms with Crippen LogP contribution >= 0.6 is 0 Å². The van der Waals surface area contributed by atoms with E-state index in [0.29, 0.717) is 6.01 Å². The van der Waals surface area contributed by atoms with Gasteiger partial charge in [-0.1, -0.05) is 31.4 Å². The largest absolute Gasteiger partial charge is 0.423 e. The number of oxazole rings is 1. The molecule has 1 N–H and O–H groups in total. The van der Waals surface area contributed by atoms with E-state index < -0.39 is 0 Å². The molecule has 168 valence electrons. The minimum Gasteiger partial charge on any atom is -0.423 e. The zero-order valence-electron chi connectivity index (χ0n) is 18.4. The van der Waals surface area contributed by atoms with Crippen LogP contribution < -0.4 is 10.2 Å². The van der Waals surface area contributed by atoms with Gasteiger partial charge in [-0.05, 0) is 37.8 Å². The summed E-state index contributed by atoms with van der Waals surface area (Å²) in [5.74, 6) is 0.293. The van der Waals surface area contributed by atoms with Crippen molar-refractivity contribution >= 4 is 23.0 Å². The van der Waals surface area contributed by atoms with Crippen molar-refractivity contribution in [3.05, 3.63) is 24.3 Å². The summed E-state index contributed by atoms with van der Waals surface area (Å²) in [5.41, 5.74) is 1.83. The molecule has 1 saturated carbocycles. The normalized spacial score (nSPS) is 23.2. The zero-order valence-corrected chi connectivity index (χ0v) is 18.4. The third-order valence-corrected chi connectivity index (χ3v) is 7.48. The van der Waals surface area contributed by atoms with Gasteiger partial charge in [-0.3, -0.25) is 9.69 Å². The number of piperidine rings is 1. The first-order valence-corrected chi connectivity index (χ1v) is 11.9. The fraction of sp³-hybridized carbons (Fsp3) is 0.667. The maximum absolute atomic E-state index is 13.0. The zero-order chi connectivity index (χ0) is 21.1. The van der Waals surface area contributed by atoms with Crippen molar-refractivity contribution in [2.45, 2.75) is 50.5 Å². The van der Waals surface area contributed by atoms with Gasteiger partial charge < -0.3 is 19.4 Å². The van der Waals surface area contributed by atoms with Crippen LogP contribution in [0.1, 0.15) is 44.9 Å². The molecule has 0 radical (unpaired) electrons. The lowest BCUT2D eigenvalue weighted by Gasteiger charge is -2.48. The molecule has 1 amide bonds. The number of carbonyl (C=O) groups excluding carboxylic acids is 1. The lowest BCUT2D eigenvalue weighted by atomic mass is 9.79. The van der Waals surface area contributed by atoms with Crippen LogP contribution in [0.2, 0.25) is 0 Å². The van der Waals surface area contributed by atoms with Crippen molar-refractivity contribution in [2.75, 3.05) is 50.8 Å². The second-order valence-electron chi connectivity index (χ2n) is 9.33. The van der Waals surface area contributed by atoms with Crippen LogP contribution in [0.4, 0.5) is 6.01 Å². The molecule has 3 heterocycles. The molecule has 0 spiro atoms. The fourth-order valence-electron chi connectivity index (χ4n) is 5.58. The minimum atomic E-state index is 0.0750. The molecule has 1 aromatic heterocycles. The summed E-state index contributed by atoms with van der Waals surface area (Å²) < 4.78 is 11.5. The number of hydrogen-bond donors (Lipinski definition) is 1. The standard InChI is InChI=1S/C24H34N4O3/c29-22(25-18-24(10-4-1-5-11-24)28-14-16-30-17-15-28)19-8-12-27(13-9-19)23-26-20-6-2-3-7-21(20)31-23/h2-3,6-7,19H,1,4-5,8-18H2,(H,25,29). The molecule has 0 unspecified atom stereocenters. The number of ether oxygens (including phenoxy) is 1. The van der Waals surface area contributed by atoms with E-state index >= 15 is 0 Å². The van der Waals surface area contributed by atoms with Crippen molar-refractivity contribution in [3.8, 4) is 0 Å². The van der Waals surface area contributed by atoms with E-state index in [0.717, 1.165) is 69.9 Å². The third-order valence-electron chi connectivity index (χ3n) is 7.48. The molecule has 7 nitrogen and oxygen atoms in total. The Balaban J connectivity index is 1.16. The molecule has 31 heavy (non-hydrogen) atoms. The Morgan fingerprint density at radius 2 is 1.81 bits per heavy atom. The van der Waals surface area contributed by atoms with Crippen LogP contribution in [0.5, 0.6) is 0 Å². The Bertz CT molecular complexity index is 845. The smallest absolute Gasteiger partial charge is 0.298 e. The predicted octanol–water partition coefficient (Wildman–Crippen LogP) is 3.20. The maximum Gasteiger partial charge on any atom is 0.298 e. The molecule has 2 aromatic rings. The van der Waals surface area contributed by atoms with E-state index in [9.17, 15) is 4.79 Å². The van der Waals surface area contributed by atoms with Crippen LogP contribution in [0.15, 0.2) is 28.7 Å². The number of carbonyl (C=O) groups is 1. The molecule has 7 heteroatoms. The molecule has 2 aliphatic heterocycles. The Morgan fingerprint density at radius 1 is 1.06 bits per heavy atom. The number of para-hydroxylation sites is 2. The molecule has 3 aliphatic rings. The van der Waals surface area contributed by atoms with E-state index in [2.05, 4.69) is 20.1 Å². The first kappa shape index (κ1) is 20.8. The predicted molar refractivity (Wildman–Crippen MR) is 120 cm³/mol. The average molecular weight is 427 g/mol. The van der Waals surface area contributed by atoms with Crippen LogP contribution in [-0.4, -0.2) is 67.3 Å². The summed E-state index contributed by atoms with van der Waals surface area (Å²) in [6.45, 7) is 5.97. The summed E-state index contributed by atoms with van der Waals surface area (Å²) in [7, 11) is 0. The fourth-order valence-corrected chi connectivity index (χ4v) is 5.58. The Hall–Kier alpha value is -2.12.